The van der Waals surface area contributed by atoms with Gasteiger partial charge >= 0.3 is 0 Å². The number of ether oxygens (including phenoxy) is 1. The van der Waals surface area contributed by atoms with Crippen LogP contribution in [0.2, 0.25) is 0 Å². The molecule has 4 heterocycles. The first-order chi connectivity index (χ1) is 12.8. The molecule has 0 aromatic carbocycles. The molecule has 0 saturated carbocycles. The fraction of sp³-hybridized carbons (Fsp3) is 0.300. The molecule has 134 valence electrons. The van der Waals surface area contributed by atoms with Crippen molar-refractivity contribution in [1.82, 2.24) is 14.5 Å². The molecule has 1 unspecified atom stereocenters. The van der Waals surface area contributed by atoms with E-state index < -0.39 is 0 Å². The topological polar surface area (TPSA) is 47.4 Å². The lowest BCUT2D eigenvalue weighted by Gasteiger charge is -2.35. The molecule has 5 nitrogen and oxygen atoms in total. The standard InChI is InChI=1S/C20H21N3O2S/c24-20(11-19-7-4-10-26-19)22-12-17-6-3-9-23(17)18(13-22)15-25-14-16-5-1-2-8-21-16/h1-10,18H,11-15H2. The lowest BCUT2D eigenvalue weighted by molar-refractivity contribution is -0.132. The largest absolute Gasteiger partial charge is 0.373 e. The molecular formula is C20H21N3O2S. The summed E-state index contributed by atoms with van der Waals surface area (Å²) in [6.45, 7) is 2.38. The Kier molecular flexibility index (Phi) is 5.13. The van der Waals surface area contributed by atoms with Crippen LogP contribution in [0.5, 0.6) is 0 Å². The van der Waals surface area contributed by atoms with Crippen LogP contribution in [0.25, 0.3) is 0 Å². The van der Waals surface area contributed by atoms with Gasteiger partial charge in [0.2, 0.25) is 5.91 Å². The second kappa shape index (κ2) is 7.85. The highest BCUT2D eigenvalue weighted by Gasteiger charge is 2.27. The van der Waals surface area contributed by atoms with Crippen LogP contribution in [0.3, 0.4) is 0 Å². The number of fused-ring (bicyclic) bond motifs is 1. The highest BCUT2D eigenvalue weighted by Crippen LogP contribution is 2.23. The summed E-state index contributed by atoms with van der Waals surface area (Å²) in [7, 11) is 0. The summed E-state index contributed by atoms with van der Waals surface area (Å²) in [5, 5.41) is 2.01. The number of carbonyl (C=O) groups excluding carboxylic acids is 1. The Morgan fingerprint density at radius 1 is 1.23 bits per heavy atom. The summed E-state index contributed by atoms with van der Waals surface area (Å²) in [4.78, 5) is 20.1. The van der Waals surface area contributed by atoms with Crippen molar-refractivity contribution in [2.75, 3.05) is 13.2 Å². The highest BCUT2D eigenvalue weighted by molar-refractivity contribution is 7.10. The van der Waals surface area contributed by atoms with Crippen LogP contribution in [0.1, 0.15) is 22.3 Å². The third-order valence-electron chi connectivity index (χ3n) is 4.59. The normalized spacial score (nSPS) is 16.5. The monoisotopic (exact) mass is 367 g/mol. The van der Waals surface area contributed by atoms with E-state index in [0.29, 0.717) is 32.7 Å². The second-order valence-electron chi connectivity index (χ2n) is 6.43. The lowest BCUT2D eigenvalue weighted by Crippen LogP contribution is -2.42. The minimum Gasteiger partial charge on any atom is -0.373 e. The van der Waals surface area contributed by atoms with E-state index in [1.54, 1.807) is 17.5 Å². The summed E-state index contributed by atoms with van der Waals surface area (Å²) in [6, 6.07) is 14.1. The van der Waals surface area contributed by atoms with E-state index in [9.17, 15) is 4.79 Å². The van der Waals surface area contributed by atoms with Crippen LogP contribution in [-0.4, -0.2) is 33.5 Å². The van der Waals surface area contributed by atoms with E-state index in [-0.39, 0.29) is 11.9 Å². The molecule has 4 rings (SSSR count). The van der Waals surface area contributed by atoms with Crippen molar-refractivity contribution in [3.63, 3.8) is 0 Å². The minimum absolute atomic E-state index is 0.129. The molecular weight excluding hydrogens is 346 g/mol. The van der Waals surface area contributed by atoms with Gasteiger partial charge in [-0.2, -0.15) is 0 Å². The van der Waals surface area contributed by atoms with Gasteiger partial charge in [0, 0.05) is 29.5 Å². The fourth-order valence-electron chi connectivity index (χ4n) is 3.30. The Bertz CT molecular complexity index is 845. The first kappa shape index (κ1) is 17.0. The molecule has 1 atom stereocenters. The molecule has 1 aliphatic heterocycles. The predicted molar refractivity (Wildman–Crippen MR) is 101 cm³/mol. The third kappa shape index (κ3) is 3.86. The molecule has 0 fully saturated rings. The molecule has 0 spiro atoms. The van der Waals surface area contributed by atoms with Crippen molar-refractivity contribution in [2.45, 2.75) is 25.6 Å². The van der Waals surface area contributed by atoms with E-state index in [0.717, 1.165) is 16.3 Å². The average molecular weight is 367 g/mol. The fourth-order valence-corrected chi connectivity index (χ4v) is 4.00. The summed E-state index contributed by atoms with van der Waals surface area (Å²) in [5.41, 5.74) is 2.07. The third-order valence-corrected chi connectivity index (χ3v) is 5.47. The Labute approximate surface area is 156 Å². The number of hydrogen-bond acceptors (Lipinski definition) is 4. The van der Waals surface area contributed by atoms with Crippen LogP contribution < -0.4 is 0 Å². The number of rotatable bonds is 6. The number of pyridine rings is 1. The Morgan fingerprint density at radius 2 is 2.19 bits per heavy atom. The molecule has 1 amide bonds. The number of thiophene rings is 1. The zero-order valence-electron chi connectivity index (χ0n) is 14.5. The summed E-state index contributed by atoms with van der Waals surface area (Å²) < 4.78 is 8.13. The van der Waals surface area contributed by atoms with Gasteiger partial charge in [0.05, 0.1) is 37.9 Å². The maximum absolute atomic E-state index is 12.7. The summed E-state index contributed by atoms with van der Waals surface area (Å²) >= 11 is 1.63. The van der Waals surface area contributed by atoms with Crippen LogP contribution in [-0.2, 0) is 29.1 Å². The van der Waals surface area contributed by atoms with Crippen molar-refractivity contribution < 1.29 is 9.53 Å². The maximum Gasteiger partial charge on any atom is 0.228 e. The lowest BCUT2D eigenvalue weighted by atomic mass is 10.1. The molecule has 0 bridgehead atoms. The average Bonchev–Trinajstić information content (AvgIpc) is 3.34. The molecule has 6 heteroatoms. The number of amides is 1. The molecule has 0 aliphatic carbocycles. The van der Waals surface area contributed by atoms with Crippen LogP contribution >= 0.6 is 11.3 Å². The first-order valence-electron chi connectivity index (χ1n) is 8.73. The molecule has 0 radical (unpaired) electrons. The number of nitrogens with zero attached hydrogens (tertiary/aromatic N) is 3. The Hall–Kier alpha value is -2.44. The van der Waals surface area contributed by atoms with Gasteiger partial charge in [-0.25, -0.2) is 0 Å². The molecule has 0 saturated heterocycles. The molecule has 3 aromatic heterocycles. The predicted octanol–water partition coefficient (Wildman–Crippen LogP) is 3.29. The second-order valence-corrected chi connectivity index (χ2v) is 7.46. The number of aromatic nitrogens is 2. The molecule has 0 N–H and O–H groups in total. The van der Waals surface area contributed by atoms with Crippen molar-refractivity contribution >= 4 is 17.2 Å². The van der Waals surface area contributed by atoms with Crippen molar-refractivity contribution in [3.8, 4) is 0 Å². The van der Waals surface area contributed by atoms with Gasteiger partial charge in [0.15, 0.2) is 0 Å². The van der Waals surface area contributed by atoms with Gasteiger partial charge < -0.3 is 14.2 Å². The zero-order valence-corrected chi connectivity index (χ0v) is 15.3. The summed E-state index contributed by atoms with van der Waals surface area (Å²) in [6.07, 6.45) is 4.32. The van der Waals surface area contributed by atoms with E-state index in [1.165, 1.54) is 0 Å². The maximum atomic E-state index is 12.7. The van der Waals surface area contributed by atoms with Gasteiger partial charge in [0.25, 0.3) is 0 Å². The smallest absolute Gasteiger partial charge is 0.228 e. The molecule has 3 aromatic rings. The van der Waals surface area contributed by atoms with Crippen molar-refractivity contribution in [1.29, 1.82) is 0 Å². The van der Waals surface area contributed by atoms with E-state index in [4.69, 9.17) is 4.74 Å². The van der Waals surface area contributed by atoms with Crippen molar-refractivity contribution in [2.24, 2.45) is 0 Å². The first-order valence-corrected chi connectivity index (χ1v) is 9.61. The van der Waals surface area contributed by atoms with Gasteiger partial charge in [-0.3, -0.25) is 9.78 Å². The van der Waals surface area contributed by atoms with Gasteiger partial charge in [0.1, 0.15) is 0 Å². The molecule has 26 heavy (non-hydrogen) atoms. The van der Waals surface area contributed by atoms with Crippen LogP contribution in [0, 0.1) is 0 Å². The van der Waals surface area contributed by atoms with Gasteiger partial charge in [-0.15, -0.1) is 11.3 Å². The number of carbonyl (C=O) groups is 1. The van der Waals surface area contributed by atoms with Gasteiger partial charge in [-0.1, -0.05) is 12.1 Å². The SMILES string of the molecule is O=C(Cc1cccs1)N1Cc2cccn2C(COCc2ccccn2)C1. The van der Waals surface area contributed by atoms with E-state index >= 15 is 0 Å². The molecule has 1 aliphatic rings. The Balaban J connectivity index is 1.40. The minimum atomic E-state index is 0.129. The highest BCUT2D eigenvalue weighted by atomic mass is 32.1. The van der Waals surface area contributed by atoms with E-state index in [1.807, 2.05) is 46.7 Å². The van der Waals surface area contributed by atoms with Crippen LogP contribution in [0.4, 0.5) is 0 Å². The van der Waals surface area contributed by atoms with Crippen molar-refractivity contribution in [3.05, 3.63) is 76.5 Å². The zero-order chi connectivity index (χ0) is 17.8. The Morgan fingerprint density at radius 3 is 3.00 bits per heavy atom. The van der Waals surface area contributed by atoms with Gasteiger partial charge in [-0.05, 0) is 35.7 Å². The summed E-state index contributed by atoms with van der Waals surface area (Å²) in [5.74, 6) is 0.176. The number of hydrogen-bond donors (Lipinski definition) is 0. The quantitative estimate of drug-likeness (QED) is 0.672. The van der Waals surface area contributed by atoms with Crippen LogP contribution in [0.15, 0.2) is 60.2 Å². The van der Waals surface area contributed by atoms with E-state index in [2.05, 4.69) is 21.8 Å².